The van der Waals surface area contributed by atoms with Crippen LogP contribution in [-0.4, -0.2) is 9.13 Å². The van der Waals surface area contributed by atoms with Crippen LogP contribution in [0.2, 0.25) is 0 Å². The molecule has 0 fully saturated rings. The molecule has 1 atom stereocenters. The summed E-state index contributed by atoms with van der Waals surface area (Å²) in [6.45, 7) is 0. The highest BCUT2D eigenvalue weighted by molar-refractivity contribution is 7.84. The lowest BCUT2D eigenvalue weighted by Gasteiger charge is -2.03. The topological polar surface area (TPSA) is 86.2 Å². The highest BCUT2D eigenvalue weighted by atomic mass is 32.2. The highest BCUT2D eigenvalue weighted by Gasteiger charge is 2.08. The van der Waals surface area contributed by atoms with Crippen molar-refractivity contribution in [3.8, 4) is 0 Å². The number of rotatable bonds is 4. The monoisotopic (exact) mass is 276 g/mol. The number of benzene rings is 2. The van der Waals surface area contributed by atoms with E-state index >= 15 is 0 Å². The van der Waals surface area contributed by atoms with Gasteiger partial charge in [-0.3, -0.25) is 14.3 Å². The van der Waals surface area contributed by atoms with Gasteiger partial charge in [0.1, 0.15) is 0 Å². The number of nitrogen functional groups attached to an aromatic ring is 1. The molecule has 0 aliphatic carbocycles. The van der Waals surface area contributed by atoms with E-state index in [1.54, 1.807) is 36.4 Å². The Bertz CT molecular complexity index is 609. The third-order valence-corrected chi connectivity index (χ3v) is 3.98. The summed E-state index contributed by atoms with van der Waals surface area (Å²) >= 11 is 0. The van der Waals surface area contributed by atoms with Crippen molar-refractivity contribution in [2.45, 2.75) is 10.6 Å². The molecule has 2 N–H and O–H groups in total. The normalized spacial score (nSPS) is 12.0. The zero-order chi connectivity index (χ0) is 13.8. The van der Waals surface area contributed by atoms with Crippen LogP contribution in [0.4, 0.5) is 11.4 Å². The van der Waals surface area contributed by atoms with Crippen LogP contribution in [-0.2, 0) is 16.6 Å². The lowest BCUT2D eigenvalue weighted by atomic mass is 10.2. The molecule has 0 spiro atoms. The molecule has 0 radical (unpaired) electrons. The zero-order valence-corrected chi connectivity index (χ0v) is 10.8. The minimum Gasteiger partial charge on any atom is -0.399 e. The third-order valence-electron chi connectivity index (χ3n) is 2.59. The summed E-state index contributed by atoms with van der Waals surface area (Å²) < 4.78 is 12.1. The van der Waals surface area contributed by atoms with Crippen molar-refractivity contribution < 1.29 is 9.13 Å². The van der Waals surface area contributed by atoms with E-state index in [9.17, 15) is 14.3 Å². The standard InChI is InChI=1S/C13H12N2O3S/c14-11-3-7-13(8-4-11)19(18)9-10-1-5-12(6-2-10)15(16)17/h1-8H,9,14H2. The summed E-state index contributed by atoms with van der Waals surface area (Å²) in [6, 6.07) is 12.9. The Labute approximate surface area is 112 Å². The molecule has 0 amide bonds. The van der Waals surface area contributed by atoms with Gasteiger partial charge < -0.3 is 5.73 Å². The maximum absolute atomic E-state index is 12.1. The number of nitrogens with zero attached hydrogens (tertiary/aromatic N) is 1. The maximum atomic E-state index is 12.1. The molecule has 0 saturated heterocycles. The van der Waals surface area contributed by atoms with Gasteiger partial charge in [-0.05, 0) is 29.8 Å². The van der Waals surface area contributed by atoms with E-state index in [4.69, 9.17) is 5.73 Å². The molecule has 6 heteroatoms. The first-order valence-electron chi connectivity index (χ1n) is 5.53. The van der Waals surface area contributed by atoms with Crippen LogP contribution in [0.25, 0.3) is 0 Å². The molecule has 2 rings (SSSR count). The van der Waals surface area contributed by atoms with Crippen LogP contribution in [0, 0.1) is 10.1 Å². The fraction of sp³-hybridized carbons (Fsp3) is 0.0769. The second kappa shape index (κ2) is 5.62. The molecule has 0 saturated carbocycles. The molecule has 19 heavy (non-hydrogen) atoms. The second-order valence-corrected chi connectivity index (χ2v) is 5.43. The summed E-state index contributed by atoms with van der Waals surface area (Å²) in [7, 11) is -1.19. The maximum Gasteiger partial charge on any atom is 0.269 e. The Balaban J connectivity index is 2.10. The van der Waals surface area contributed by atoms with Gasteiger partial charge in [-0.25, -0.2) is 0 Å². The number of hydrogen-bond donors (Lipinski definition) is 1. The van der Waals surface area contributed by atoms with Crippen molar-refractivity contribution >= 4 is 22.2 Å². The molecule has 98 valence electrons. The van der Waals surface area contributed by atoms with E-state index < -0.39 is 15.7 Å². The van der Waals surface area contributed by atoms with E-state index in [-0.39, 0.29) is 5.69 Å². The van der Waals surface area contributed by atoms with Gasteiger partial charge >= 0.3 is 0 Å². The number of anilines is 1. The van der Waals surface area contributed by atoms with Gasteiger partial charge in [0.2, 0.25) is 0 Å². The Morgan fingerprint density at radius 3 is 2.16 bits per heavy atom. The lowest BCUT2D eigenvalue weighted by Crippen LogP contribution is -1.97. The number of nitro benzene ring substituents is 1. The molecule has 0 heterocycles. The summed E-state index contributed by atoms with van der Waals surface area (Å²) in [6.07, 6.45) is 0. The van der Waals surface area contributed by atoms with Crippen molar-refractivity contribution in [2.24, 2.45) is 0 Å². The van der Waals surface area contributed by atoms with Crippen LogP contribution < -0.4 is 5.73 Å². The van der Waals surface area contributed by atoms with Crippen molar-refractivity contribution in [3.05, 3.63) is 64.2 Å². The minimum absolute atomic E-state index is 0.0296. The predicted molar refractivity (Wildman–Crippen MR) is 74.1 cm³/mol. The molecule has 0 aliphatic heterocycles. The van der Waals surface area contributed by atoms with E-state index in [1.165, 1.54) is 12.1 Å². The van der Waals surface area contributed by atoms with Crippen LogP contribution in [0.5, 0.6) is 0 Å². The van der Waals surface area contributed by atoms with Crippen molar-refractivity contribution in [1.82, 2.24) is 0 Å². The van der Waals surface area contributed by atoms with Crippen LogP contribution in [0.1, 0.15) is 5.56 Å². The third kappa shape index (κ3) is 3.38. The van der Waals surface area contributed by atoms with Gasteiger partial charge in [0.15, 0.2) is 0 Å². The quantitative estimate of drug-likeness (QED) is 0.528. The smallest absolute Gasteiger partial charge is 0.269 e. The van der Waals surface area contributed by atoms with Crippen molar-refractivity contribution in [3.63, 3.8) is 0 Å². The fourth-order valence-corrected chi connectivity index (χ4v) is 2.67. The predicted octanol–water partition coefficient (Wildman–Crippen LogP) is 2.48. The average Bonchev–Trinajstić information content (AvgIpc) is 2.40. The van der Waals surface area contributed by atoms with Gasteiger partial charge in [0, 0.05) is 22.7 Å². The van der Waals surface area contributed by atoms with Gasteiger partial charge in [-0.15, -0.1) is 0 Å². The number of hydrogen-bond acceptors (Lipinski definition) is 4. The van der Waals surface area contributed by atoms with Crippen LogP contribution in [0.3, 0.4) is 0 Å². The highest BCUT2D eigenvalue weighted by Crippen LogP contribution is 2.17. The Morgan fingerprint density at radius 2 is 1.63 bits per heavy atom. The summed E-state index contributed by atoms with van der Waals surface area (Å²) in [5, 5.41) is 10.5. The number of nitro groups is 1. The summed E-state index contributed by atoms with van der Waals surface area (Å²) in [5.41, 5.74) is 7.00. The van der Waals surface area contributed by atoms with Crippen molar-refractivity contribution in [1.29, 1.82) is 0 Å². The fourth-order valence-electron chi connectivity index (χ4n) is 1.57. The molecular formula is C13H12N2O3S. The van der Waals surface area contributed by atoms with E-state index in [2.05, 4.69) is 0 Å². The van der Waals surface area contributed by atoms with Crippen LogP contribution in [0.15, 0.2) is 53.4 Å². The van der Waals surface area contributed by atoms with E-state index in [0.717, 1.165) is 5.56 Å². The van der Waals surface area contributed by atoms with Crippen LogP contribution >= 0.6 is 0 Å². The average molecular weight is 276 g/mol. The van der Waals surface area contributed by atoms with E-state index in [0.29, 0.717) is 16.3 Å². The molecule has 0 bridgehead atoms. The molecule has 2 aromatic rings. The lowest BCUT2D eigenvalue weighted by molar-refractivity contribution is -0.384. The SMILES string of the molecule is Nc1ccc(S(=O)Cc2ccc([N+](=O)[O-])cc2)cc1. The molecule has 2 aromatic carbocycles. The summed E-state index contributed by atoms with van der Waals surface area (Å²) in [4.78, 5) is 10.8. The minimum atomic E-state index is -1.19. The van der Waals surface area contributed by atoms with Gasteiger partial charge in [0.05, 0.1) is 21.5 Å². The Kier molecular flexibility index (Phi) is 3.91. The molecule has 5 nitrogen and oxygen atoms in total. The molecule has 0 aromatic heterocycles. The Hall–Kier alpha value is -2.21. The summed E-state index contributed by atoms with van der Waals surface area (Å²) in [5.74, 6) is 0.321. The first kappa shape index (κ1) is 13.2. The molecular weight excluding hydrogens is 264 g/mol. The molecule has 1 unspecified atom stereocenters. The number of non-ortho nitro benzene ring substituents is 1. The van der Waals surface area contributed by atoms with Gasteiger partial charge in [0.25, 0.3) is 5.69 Å². The van der Waals surface area contributed by atoms with Gasteiger partial charge in [-0.2, -0.15) is 0 Å². The molecule has 0 aliphatic rings. The largest absolute Gasteiger partial charge is 0.399 e. The first-order valence-corrected chi connectivity index (χ1v) is 6.85. The second-order valence-electron chi connectivity index (χ2n) is 3.98. The van der Waals surface area contributed by atoms with E-state index in [1.807, 2.05) is 0 Å². The Morgan fingerprint density at radius 1 is 1.05 bits per heavy atom. The zero-order valence-electron chi connectivity index (χ0n) is 9.98. The number of nitrogens with two attached hydrogens (primary N) is 1. The van der Waals surface area contributed by atoms with Crippen molar-refractivity contribution in [2.75, 3.05) is 5.73 Å². The first-order chi connectivity index (χ1) is 9.06. The van der Waals surface area contributed by atoms with Gasteiger partial charge in [-0.1, -0.05) is 12.1 Å².